The number of amides is 1. The van der Waals surface area contributed by atoms with Crippen LogP contribution in [0, 0.1) is 6.92 Å². The molecule has 130 valence electrons. The lowest BCUT2D eigenvalue weighted by Crippen LogP contribution is -2.49. The number of hydrogen-bond acceptors (Lipinski definition) is 5. The van der Waals surface area contributed by atoms with Crippen molar-refractivity contribution in [3.05, 3.63) is 23.3 Å². The van der Waals surface area contributed by atoms with Gasteiger partial charge in [-0.25, -0.2) is 9.97 Å². The van der Waals surface area contributed by atoms with Gasteiger partial charge in [-0.05, 0) is 33.1 Å². The number of carbonyl (C=O) groups excluding carboxylic acids is 1. The number of morpholine rings is 1. The number of carbonyl (C=O) groups is 1. The number of aromatic nitrogens is 2. The van der Waals surface area contributed by atoms with E-state index in [1.807, 2.05) is 11.8 Å². The lowest BCUT2D eigenvalue weighted by atomic mass is 10.1. The van der Waals surface area contributed by atoms with Crippen LogP contribution < -0.4 is 0 Å². The molecule has 6 nitrogen and oxygen atoms in total. The molecule has 1 saturated carbocycles. The summed E-state index contributed by atoms with van der Waals surface area (Å²) in [5.74, 6) is 1.33. The third-order valence-electron chi connectivity index (χ3n) is 5.62. The Morgan fingerprint density at radius 2 is 1.96 bits per heavy atom. The van der Waals surface area contributed by atoms with Gasteiger partial charge in [-0.15, -0.1) is 0 Å². The van der Waals surface area contributed by atoms with Crippen molar-refractivity contribution in [1.29, 1.82) is 0 Å². The Morgan fingerprint density at radius 1 is 1.21 bits per heavy atom. The Labute approximate surface area is 143 Å². The average Bonchev–Trinajstić information content (AvgIpc) is 3.37. The van der Waals surface area contributed by atoms with Crippen LogP contribution in [0.4, 0.5) is 0 Å². The molecular weight excluding hydrogens is 304 g/mol. The molecule has 2 saturated heterocycles. The van der Waals surface area contributed by atoms with Crippen molar-refractivity contribution in [2.24, 2.45) is 0 Å². The van der Waals surface area contributed by atoms with Crippen molar-refractivity contribution >= 4 is 5.91 Å². The van der Waals surface area contributed by atoms with Gasteiger partial charge in [0.05, 0.1) is 24.5 Å². The van der Waals surface area contributed by atoms with Crippen LogP contribution in [0.15, 0.2) is 6.20 Å². The van der Waals surface area contributed by atoms with E-state index in [0.29, 0.717) is 12.0 Å². The average molecular weight is 330 g/mol. The minimum atomic E-state index is 0.111. The Morgan fingerprint density at radius 3 is 2.67 bits per heavy atom. The van der Waals surface area contributed by atoms with Crippen LogP contribution in [0.25, 0.3) is 0 Å². The van der Waals surface area contributed by atoms with Gasteiger partial charge >= 0.3 is 0 Å². The van der Waals surface area contributed by atoms with Gasteiger partial charge < -0.3 is 9.64 Å². The fourth-order valence-corrected chi connectivity index (χ4v) is 4.08. The number of ether oxygens (including phenoxy) is 1. The summed E-state index contributed by atoms with van der Waals surface area (Å²) in [6.45, 7) is 8.43. The molecule has 2 atom stereocenters. The predicted octanol–water partition coefficient (Wildman–Crippen LogP) is 1.60. The van der Waals surface area contributed by atoms with Gasteiger partial charge in [0.25, 0.3) is 5.91 Å². The van der Waals surface area contributed by atoms with Gasteiger partial charge in [0, 0.05) is 43.8 Å². The van der Waals surface area contributed by atoms with E-state index in [9.17, 15) is 4.79 Å². The highest BCUT2D eigenvalue weighted by Gasteiger charge is 2.40. The van der Waals surface area contributed by atoms with E-state index in [-0.39, 0.29) is 11.9 Å². The topological polar surface area (TPSA) is 58.6 Å². The second kappa shape index (κ2) is 6.41. The van der Waals surface area contributed by atoms with Crippen molar-refractivity contribution in [2.45, 2.75) is 51.1 Å². The zero-order chi connectivity index (χ0) is 16.7. The smallest absolute Gasteiger partial charge is 0.257 e. The lowest BCUT2D eigenvalue weighted by molar-refractivity contribution is 0.0104. The highest BCUT2D eigenvalue weighted by Crippen LogP contribution is 2.41. The molecular formula is C18H26N4O2. The van der Waals surface area contributed by atoms with E-state index in [1.165, 1.54) is 0 Å². The van der Waals surface area contributed by atoms with Crippen LogP contribution >= 0.6 is 0 Å². The Bertz CT molecular complexity index is 625. The summed E-state index contributed by atoms with van der Waals surface area (Å²) in [7, 11) is 0. The standard InChI is InChI=1S/C18H26N4O2/c1-12-16(21-7-9-24-10-8-21)5-6-22(12)18(23)15-11-19-13(2)20-17(15)14-3-4-14/h11-12,14,16H,3-10H2,1-2H3/t12-,16-/m1/s1. The molecule has 0 spiro atoms. The molecule has 0 N–H and O–H groups in total. The summed E-state index contributed by atoms with van der Waals surface area (Å²) < 4.78 is 5.46. The van der Waals surface area contributed by atoms with E-state index in [0.717, 1.165) is 69.2 Å². The Balaban J connectivity index is 1.53. The van der Waals surface area contributed by atoms with E-state index in [2.05, 4.69) is 21.8 Å². The maximum atomic E-state index is 13.2. The normalized spacial score (nSPS) is 28.3. The molecule has 0 bridgehead atoms. The third kappa shape index (κ3) is 2.93. The molecule has 1 aromatic rings. The molecule has 0 unspecified atom stereocenters. The van der Waals surface area contributed by atoms with E-state index < -0.39 is 0 Å². The highest BCUT2D eigenvalue weighted by atomic mass is 16.5. The van der Waals surface area contributed by atoms with E-state index in [4.69, 9.17) is 4.74 Å². The third-order valence-corrected chi connectivity index (χ3v) is 5.62. The molecule has 2 aliphatic heterocycles. The SMILES string of the molecule is Cc1ncc(C(=O)N2CC[C@@H](N3CCOCC3)[C@H]2C)c(C2CC2)n1. The number of aryl methyl sites for hydroxylation is 1. The van der Waals surface area contributed by atoms with Gasteiger partial charge in [0.15, 0.2) is 0 Å². The molecule has 0 aromatic carbocycles. The summed E-state index contributed by atoms with van der Waals surface area (Å²) in [5.41, 5.74) is 1.69. The molecule has 1 aliphatic carbocycles. The van der Waals surface area contributed by atoms with Gasteiger partial charge in [0.2, 0.25) is 0 Å². The van der Waals surface area contributed by atoms with Gasteiger partial charge in [0.1, 0.15) is 5.82 Å². The minimum absolute atomic E-state index is 0.111. The first-order valence-corrected chi connectivity index (χ1v) is 9.11. The van der Waals surface area contributed by atoms with Crippen LogP contribution in [0.3, 0.4) is 0 Å². The van der Waals surface area contributed by atoms with Gasteiger partial charge in [-0.1, -0.05) is 0 Å². The van der Waals surface area contributed by atoms with Crippen molar-refractivity contribution in [3.63, 3.8) is 0 Å². The zero-order valence-electron chi connectivity index (χ0n) is 14.6. The van der Waals surface area contributed by atoms with Crippen molar-refractivity contribution in [2.75, 3.05) is 32.8 Å². The fourth-order valence-electron chi connectivity index (χ4n) is 4.08. The largest absolute Gasteiger partial charge is 0.379 e. The van der Waals surface area contributed by atoms with E-state index in [1.54, 1.807) is 6.20 Å². The number of hydrogen-bond donors (Lipinski definition) is 0. The van der Waals surface area contributed by atoms with Crippen molar-refractivity contribution < 1.29 is 9.53 Å². The lowest BCUT2D eigenvalue weighted by Gasteiger charge is -2.35. The predicted molar refractivity (Wildman–Crippen MR) is 90.0 cm³/mol. The second-order valence-electron chi connectivity index (χ2n) is 7.23. The maximum absolute atomic E-state index is 13.2. The zero-order valence-corrected chi connectivity index (χ0v) is 14.6. The van der Waals surface area contributed by atoms with Crippen molar-refractivity contribution in [1.82, 2.24) is 19.8 Å². The minimum Gasteiger partial charge on any atom is -0.379 e. The highest BCUT2D eigenvalue weighted by molar-refractivity contribution is 5.95. The molecule has 3 fully saturated rings. The number of nitrogens with zero attached hydrogens (tertiary/aromatic N) is 4. The van der Waals surface area contributed by atoms with Gasteiger partial charge in [-0.3, -0.25) is 9.69 Å². The molecule has 6 heteroatoms. The maximum Gasteiger partial charge on any atom is 0.257 e. The first-order valence-electron chi connectivity index (χ1n) is 9.11. The second-order valence-corrected chi connectivity index (χ2v) is 7.23. The molecule has 3 heterocycles. The van der Waals surface area contributed by atoms with Crippen LogP contribution in [-0.4, -0.2) is 70.6 Å². The van der Waals surface area contributed by atoms with E-state index >= 15 is 0 Å². The molecule has 4 rings (SSSR count). The van der Waals surface area contributed by atoms with Crippen LogP contribution in [0.2, 0.25) is 0 Å². The van der Waals surface area contributed by atoms with Crippen LogP contribution in [0.1, 0.15) is 54.0 Å². The molecule has 3 aliphatic rings. The molecule has 24 heavy (non-hydrogen) atoms. The molecule has 1 amide bonds. The summed E-state index contributed by atoms with van der Waals surface area (Å²) in [6, 6.07) is 0.664. The number of likely N-dealkylation sites (tertiary alicyclic amines) is 1. The Kier molecular flexibility index (Phi) is 4.26. The van der Waals surface area contributed by atoms with Crippen molar-refractivity contribution in [3.8, 4) is 0 Å². The fraction of sp³-hybridized carbons (Fsp3) is 0.722. The summed E-state index contributed by atoms with van der Waals surface area (Å²) in [6.07, 6.45) is 5.07. The molecule has 0 radical (unpaired) electrons. The van der Waals surface area contributed by atoms with Crippen LogP contribution in [0.5, 0.6) is 0 Å². The summed E-state index contributed by atoms with van der Waals surface area (Å²) >= 11 is 0. The monoisotopic (exact) mass is 330 g/mol. The molecule has 1 aromatic heterocycles. The van der Waals surface area contributed by atoms with Crippen LogP contribution in [-0.2, 0) is 4.74 Å². The number of rotatable bonds is 3. The Hall–Kier alpha value is -1.53. The summed E-state index contributed by atoms with van der Waals surface area (Å²) in [4.78, 5) is 26.5. The van der Waals surface area contributed by atoms with Gasteiger partial charge in [-0.2, -0.15) is 0 Å². The summed E-state index contributed by atoms with van der Waals surface area (Å²) in [5, 5.41) is 0. The quantitative estimate of drug-likeness (QED) is 0.842. The first kappa shape index (κ1) is 16.0. The first-order chi connectivity index (χ1) is 11.6.